The zero-order chi connectivity index (χ0) is 23.7. The van der Waals surface area contributed by atoms with Gasteiger partial charge >= 0.3 is 5.97 Å². The number of carbonyl (C=O) groups is 2. The summed E-state index contributed by atoms with van der Waals surface area (Å²) in [4.78, 5) is 25.2. The number of amides is 1. The van der Waals surface area contributed by atoms with Gasteiger partial charge in [0.25, 0.3) is 0 Å². The molecular formula is C21H31N3O7S. The maximum absolute atomic E-state index is 13.5. The van der Waals surface area contributed by atoms with Gasteiger partial charge in [-0.1, -0.05) is 0 Å². The van der Waals surface area contributed by atoms with E-state index < -0.39 is 16.0 Å². The minimum atomic E-state index is -3.94. The van der Waals surface area contributed by atoms with Gasteiger partial charge in [-0.25, -0.2) is 13.2 Å². The lowest BCUT2D eigenvalue weighted by Gasteiger charge is -2.23. The largest absolute Gasteiger partial charge is 0.493 e. The van der Waals surface area contributed by atoms with E-state index in [1.807, 2.05) is 11.8 Å². The third-order valence-corrected chi connectivity index (χ3v) is 6.89. The molecule has 1 aliphatic heterocycles. The van der Waals surface area contributed by atoms with Crippen LogP contribution in [0.5, 0.6) is 11.5 Å². The third kappa shape index (κ3) is 6.44. The van der Waals surface area contributed by atoms with Crippen LogP contribution in [0.15, 0.2) is 23.1 Å². The average Bonchev–Trinajstić information content (AvgIpc) is 3.02. The van der Waals surface area contributed by atoms with Crippen molar-refractivity contribution in [1.29, 1.82) is 0 Å². The van der Waals surface area contributed by atoms with Crippen LogP contribution in [0.25, 0.3) is 6.08 Å². The molecule has 1 aromatic rings. The van der Waals surface area contributed by atoms with Crippen molar-refractivity contribution in [3.05, 3.63) is 23.8 Å². The van der Waals surface area contributed by atoms with Crippen LogP contribution in [0.3, 0.4) is 0 Å². The van der Waals surface area contributed by atoms with Gasteiger partial charge in [0, 0.05) is 32.3 Å². The Hall–Kier alpha value is -2.63. The molecule has 178 valence electrons. The van der Waals surface area contributed by atoms with Crippen molar-refractivity contribution in [1.82, 2.24) is 14.5 Å². The summed E-state index contributed by atoms with van der Waals surface area (Å²) in [5.74, 6) is -0.332. The van der Waals surface area contributed by atoms with Crippen LogP contribution in [0.4, 0.5) is 0 Å². The van der Waals surface area contributed by atoms with Gasteiger partial charge in [-0.15, -0.1) is 0 Å². The molecule has 10 nitrogen and oxygen atoms in total. The van der Waals surface area contributed by atoms with E-state index in [9.17, 15) is 18.0 Å². The number of likely N-dealkylation sites (N-methyl/N-ethyl adjacent to an activating group) is 1. The molecule has 1 fully saturated rings. The summed E-state index contributed by atoms with van der Waals surface area (Å²) >= 11 is 0. The number of hydrogen-bond donors (Lipinski definition) is 1. The fraction of sp³-hybridized carbons (Fsp3) is 0.524. The Bertz CT molecular complexity index is 947. The summed E-state index contributed by atoms with van der Waals surface area (Å²) in [6, 6.07) is 3.02. The molecule has 0 atom stereocenters. The lowest BCUT2D eigenvalue weighted by Crippen LogP contribution is -2.40. The van der Waals surface area contributed by atoms with Crippen LogP contribution in [0.2, 0.25) is 0 Å². The summed E-state index contributed by atoms with van der Waals surface area (Å²) in [5.41, 5.74) is 0.444. The van der Waals surface area contributed by atoms with Gasteiger partial charge in [0.2, 0.25) is 15.9 Å². The van der Waals surface area contributed by atoms with E-state index in [-0.39, 0.29) is 35.4 Å². The lowest BCUT2D eigenvalue weighted by molar-refractivity contribution is -0.134. The van der Waals surface area contributed by atoms with Crippen molar-refractivity contribution >= 4 is 28.0 Å². The second-order valence-corrected chi connectivity index (χ2v) is 9.00. The smallest absolute Gasteiger partial charge is 0.330 e. The number of nitrogens with zero attached hydrogens (tertiary/aromatic N) is 2. The molecule has 0 radical (unpaired) electrons. The van der Waals surface area contributed by atoms with Crippen molar-refractivity contribution in [3.8, 4) is 11.5 Å². The van der Waals surface area contributed by atoms with Crippen LogP contribution >= 0.6 is 0 Å². The SMILES string of the molecule is CCNC(=O)CN1CCCN(S(=O)(=O)c2cc(/C=C/C(=O)OC)cc(OC)c2OC)CC1. The van der Waals surface area contributed by atoms with Gasteiger partial charge in [-0.2, -0.15) is 4.31 Å². The molecule has 0 bridgehead atoms. The van der Waals surface area contributed by atoms with Crippen LogP contribution in [-0.2, 0) is 24.3 Å². The molecule has 1 amide bonds. The highest BCUT2D eigenvalue weighted by molar-refractivity contribution is 7.89. The second-order valence-electron chi connectivity index (χ2n) is 7.10. The summed E-state index contributed by atoms with van der Waals surface area (Å²) < 4.78 is 43.8. The Balaban J connectivity index is 2.34. The maximum Gasteiger partial charge on any atom is 0.330 e. The van der Waals surface area contributed by atoms with E-state index in [4.69, 9.17) is 9.47 Å². The third-order valence-electron chi connectivity index (χ3n) is 4.99. The molecule has 0 aromatic heterocycles. The lowest BCUT2D eigenvalue weighted by atomic mass is 10.2. The Morgan fingerprint density at radius 2 is 1.84 bits per heavy atom. The maximum atomic E-state index is 13.5. The molecule has 0 aliphatic carbocycles. The number of esters is 1. The molecule has 0 saturated carbocycles. The summed E-state index contributed by atoms with van der Waals surface area (Å²) in [6.45, 7) is 4.22. The zero-order valence-corrected chi connectivity index (χ0v) is 19.7. The molecule has 11 heteroatoms. The van der Waals surface area contributed by atoms with E-state index in [1.165, 1.54) is 43.9 Å². The van der Waals surface area contributed by atoms with Crippen LogP contribution in [-0.4, -0.2) is 90.1 Å². The number of methoxy groups -OCH3 is 3. The summed E-state index contributed by atoms with van der Waals surface area (Å²) in [6.07, 6.45) is 3.23. The number of sulfonamides is 1. The quantitative estimate of drug-likeness (QED) is 0.416. The normalized spacial score (nSPS) is 15.9. The number of hydrogen-bond acceptors (Lipinski definition) is 8. The predicted octanol–water partition coefficient (Wildman–Crippen LogP) is 0.723. The van der Waals surface area contributed by atoms with Gasteiger partial charge in [0.1, 0.15) is 4.90 Å². The number of nitrogens with one attached hydrogen (secondary N) is 1. The standard InChI is InChI=1S/C21H31N3O7S/c1-5-22-19(25)15-23-9-6-10-24(12-11-23)32(27,28)18-14-16(7-8-20(26)30-3)13-17(29-2)21(18)31-4/h7-8,13-14H,5-6,9-12,15H2,1-4H3,(H,22,25)/b8-7+. The van der Waals surface area contributed by atoms with E-state index in [0.29, 0.717) is 38.2 Å². The Labute approximate surface area is 189 Å². The molecule has 2 rings (SSSR count). The van der Waals surface area contributed by atoms with Crippen molar-refractivity contribution in [2.24, 2.45) is 0 Å². The van der Waals surface area contributed by atoms with E-state index in [2.05, 4.69) is 10.1 Å². The first-order chi connectivity index (χ1) is 15.3. The van der Waals surface area contributed by atoms with Crippen LogP contribution in [0, 0.1) is 0 Å². The molecule has 0 unspecified atom stereocenters. The van der Waals surface area contributed by atoms with E-state index in [1.54, 1.807) is 6.07 Å². The van der Waals surface area contributed by atoms with Crippen LogP contribution < -0.4 is 14.8 Å². The first-order valence-corrected chi connectivity index (χ1v) is 11.7. The molecular weight excluding hydrogens is 438 g/mol. The first-order valence-electron chi connectivity index (χ1n) is 10.3. The van der Waals surface area contributed by atoms with Gasteiger partial charge in [-0.05, 0) is 43.7 Å². The molecule has 0 spiro atoms. The highest BCUT2D eigenvalue weighted by Gasteiger charge is 2.31. The highest BCUT2D eigenvalue weighted by atomic mass is 32.2. The fourth-order valence-electron chi connectivity index (χ4n) is 3.41. The molecule has 1 aliphatic rings. The summed E-state index contributed by atoms with van der Waals surface area (Å²) in [7, 11) is 0.0995. The fourth-order valence-corrected chi connectivity index (χ4v) is 5.08. The first kappa shape index (κ1) is 25.6. The Morgan fingerprint density at radius 3 is 2.47 bits per heavy atom. The van der Waals surface area contributed by atoms with Gasteiger partial charge < -0.3 is 19.5 Å². The number of rotatable bonds is 9. The molecule has 1 heterocycles. The predicted molar refractivity (Wildman–Crippen MR) is 119 cm³/mol. The highest BCUT2D eigenvalue weighted by Crippen LogP contribution is 2.37. The van der Waals surface area contributed by atoms with E-state index >= 15 is 0 Å². The number of carbonyl (C=O) groups excluding carboxylic acids is 2. The molecule has 1 saturated heterocycles. The van der Waals surface area contributed by atoms with Crippen molar-refractivity contribution < 1.29 is 32.2 Å². The monoisotopic (exact) mass is 469 g/mol. The van der Waals surface area contributed by atoms with Crippen molar-refractivity contribution in [3.63, 3.8) is 0 Å². The van der Waals surface area contributed by atoms with Gasteiger partial charge in [0.15, 0.2) is 11.5 Å². The zero-order valence-electron chi connectivity index (χ0n) is 18.9. The topological polar surface area (TPSA) is 114 Å². The van der Waals surface area contributed by atoms with Crippen molar-refractivity contribution in [2.45, 2.75) is 18.2 Å². The Kier molecular flexibility index (Phi) is 9.48. The Morgan fingerprint density at radius 1 is 1.09 bits per heavy atom. The number of benzene rings is 1. The minimum Gasteiger partial charge on any atom is -0.493 e. The average molecular weight is 470 g/mol. The molecule has 1 aromatic carbocycles. The van der Waals surface area contributed by atoms with Crippen molar-refractivity contribution in [2.75, 3.05) is 60.6 Å². The van der Waals surface area contributed by atoms with Crippen LogP contribution in [0.1, 0.15) is 18.9 Å². The minimum absolute atomic E-state index is 0.0546. The summed E-state index contributed by atoms with van der Waals surface area (Å²) in [5, 5.41) is 2.76. The molecule has 32 heavy (non-hydrogen) atoms. The number of ether oxygens (including phenoxy) is 3. The second kappa shape index (κ2) is 11.8. The van der Waals surface area contributed by atoms with Gasteiger partial charge in [0.05, 0.1) is 27.9 Å². The van der Waals surface area contributed by atoms with E-state index in [0.717, 1.165) is 0 Å². The molecule has 1 N–H and O–H groups in total. The van der Waals surface area contributed by atoms with Gasteiger partial charge in [-0.3, -0.25) is 9.69 Å².